The molecular formula is C3H3BrF2O. The molecule has 4 heteroatoms. The third-order valence-electron chi connectivity index (χ3n) is 0.375. The van der Waals surface area contributed by atoms with Crippen molar-refractivity contribution in [1.29, 1.82) is 0 Å². The lowest BCUT2D eigenvalue weighted by molar-refractivity contribution is -0.121. The summed E-state index contributed by atoms with van der Waals surface area (Å²) in [7, 11) is 0. The van der Waals surface area contributed by atoms with Crippen LogP contribution < -0.4 is 0 Å². The number of rotatable bonds is 2. The summed E-state index contributed by atoms with van der Waals surface area (Å²) in [5, 5.41) is -1.84. The molecule has 0 saturated heterocycles. The molecule has 0 spiro atoms. The molecule has 0 heterocycles. The average Bonchev–Trinajstić information content (AvgIpc) is 1.65. The van der Waals surface area contributed by atoms with Crippen LogP contribution >= 0.6 is 15.9 Å². The van der Waals surface area contributed by atoms with Crippen molar-refractivity contribution in [3.05, 3.63) is 0 Å². The standard InChI is InChI=1S/C3H3BrF2O/c4-3(6)2(7)1-5/h3H,1H2. The molecule has 0 N–H and O–H groups in total. The maximum Gasteiger partial charge on any atom is 0.215 e. The lowest BCUT2D eigenvalue weighted by atomic mass is 10.5. The van der Waals surface area contributed by atoms with Gasteiger partial charge >= 0.3 is 0 Å². The molecule has 0 radical (unpaired) electrons. The van der Waals surface area contributed by atoms with Crippen LogP contribution in [-0.2, 0) is 4.79 Å². The normalized spacial score (nSPS) is 13.6. The van der Waals surface area contributed by atoms with E-state index in [9.17, 15) is 13.6 Å². The van der Waals surface area contributed by atoms with Gasteiger partial charge in [0.25, 0.3) is 0 Å². The summed E-state index contributed by atoms with van der Waals surface area (Å²) >= 11 is 2.24. The highest BCUT2D eigenvalue weighted by molar-refractivity contribution is 9.09. The molecule has 0 aromatic heterocycles. The van der Waals surface area contributed by atoms with Gasteiger partial charge in [0.1, 0.15) is 0 Å². The first-order valence-corrected chi connectivity index (χ1v) is 2.47. The van der Waals surface area contributed by atoms with E-state index in [1.807, 2.05) is 0 Å². The minimum absolute atomic E-state index is 1.07. The van der Waals surface area contributed by atoms with Crippen molar-refractivity contribution in [2.75, 3.05) is 6.67 Å². The quantitative estimate of drug-likeness (QED) is 0.573. The molecule has 0 aromatic rings. The first-order valence-electron chi connectivity index (χ1n) is 1.55. The third-order valence-corrected chi connectivity index (χ3v) is 0.886. The molecule has 0 amide bonds. The molecule has 0 saturated carbocycles. The Bertz CT molecular complexity index is 73.3. The van der Waals surface area contributed by atoms with Crippen LogP contribution in [0.3, 0.4) is 0 Å². The Morgan fingerprint density at radius 2 is 2.29 bits per heavy atom. The second-order valence-corrected chi connectivity index (χ2v) is 1.70. The molecule has 0 aliphatic rings. The van der Waals surface area contributed by atoms with E-state index in [1.54, 1.807) is 0 Å². The number of alkyl halides is 3. The number of hydrogen-bond donors (Lipinski definition) is 0. The Morgan fingerprint density at radius 1 is 1.86 bits per heavy atom. The molecule has 0 aromatic carbocycles. The molecule has 7 heavy (non-hydrogen) atoms. The summed E-state index contributed by atoms with van der Waals surface area (Å²) in [6.07, 6.45) is 0. The number of carbonyl (C=O) groups excluding carboxylic acids is 1. The summed E-state index contributed by atoms with van der Waals surface area (Å²) in [5.74, 6) is -1.07. The molecule has 0 rings (SSSR count). The second-order valence-electron chi connectivity index (χ2n) is 0.901. The Hall–Kier alpha value is 0.01000. The molecule has 0 aliphatic heterocycles. The van der Waals surface area contributed by atoms with Crippen LogP contribution in [0.5, 0.6) is 0 Å². The highest BCUT2D eigenvalue weighted by Crippen LogP contribution is 2.00. The summed E-state index contributed by atoms with van der Waals surface area (Å²) < 4.78 is 22.4. The van der Waals surface area contributed by atoms with Crippen molar-refractivity contribution in [2.45, 2.75) is 5.08 Å². The minimum Gasteiger partial charge on any atom is -0.292 e. The predicted octanol–water partition coefficient (Wildman–Crippen LogP) is 1.22. The van der Waals surface area contributed by atoms with Gasteiger partial charge in [-0.2, -0.15) is 0 Å². The maximum atomic E-state index is 11.4. The van der Waals surface area contributed by atoms with Crippen LogP contribution in [0.1, 0.15) is 0 Å². The van der Waals surface area contributed by atoms with Crippen molar-refractivity contribution in [1.82, 2.24) is 0 Å². The van der Waals surface area contributed by atoms with Gasteiger partial charge in [0, 0.05) is 0 Å². The summed E-state index contributed by atoms with van der Waals surface area (Å²) in [6.45, 7) is -1.24. The van der Waals surface area contributed by atoms with Gasteiger partial charge in [0.15, 0.2) is 6.67 Å². The van der Waals surface area contributed by atoms with Crippen molar-refractivity contribution >= 4 is 21.7 Å². The minimum atomic E-state index is -1.84. The van der Waals surface area contributed by atoms with Crippen molar-refractivity contribution in [3.63, 3.8) is 0 Å². The fourth-order valence-corrected chi connectivity index (χ4v) is 0.181. The Labute approximate surface area is 47.8 Å². The van der Waals surface area contributed by atoms with Crippen LogP contribution in [-0.4, -0.2) is 17.5 Å². The zero-order valence-electron chi connectivity index (χ0n) is 3.33. The molecule has 0 bridgehead atoms. The van der Waals surface area contributed by atoms with Crippen molar-refractivity contribution < 1.29 is 13.6 Å². The SMILES string of the molecule is O=C(CF)C(F)Br. The third kappa shape index (κ3) is 2.68. The number of halogens is 3. The van der Waals surface area contributed by atoms with Gasteiger partial charge in [-0.05, 0) is 15.9 Å². The van der Waals surface area contributed by atoms with E-state index in [0.29, 0.717) is 0 Å². The van der Waals surface area contributed by atoms with E-state index in [4.69, 9.17) is 0 Å². The predicted molar refractivity (Wildman–Crippen MR) is 24.8 cm³/mol. The molecule has 0 fully saturated rings. The lowest BCUT2D eigenvalue weighted by Gasteiger charge is -1.88. The number of Topliss-reactive ketones (excluding diaryl/α,β-unsaturated/α-hetero) is 1. The fourth-order valence-electron chi connectivity index (χ4n) is 0.0583. The summed E-state index contributed by atoms with van der Waals surface area (Å²) in [4.78, 5) is 9.71. The molecular weight excluding hydrogens is 170 g/mol. The van der Waals surface area contributed by atoms with Crippen molar-refractivity contribution in [2.24, 2.45) is 0 Å². The topological polar surface area (TPSA) is 17.1 Å². The van der Waals surface area contributed by atoms with Gasteiger partial charge in [-0.3, -0.25) is 4.79 Å². The number of ketones is 1. The van der Waals surface area contributed by atoms with E-state index in [1.165, 1.54) is 0 Å². The fraction of sp³-hybridized carbons (Fsp3) is 0.667. The van der Waals surface area contributed by atoms with Gasteiger partial charge in [-0.1, -0.05) is 0 Å². The molecule has 1 unspecified atom stereocenters. The van der Waals surface area contributed by atoms with Gasteiger partial charge in [0.05, 0.1) is 0 Å². The van der Waals surface area contributed by atoms with Crippen LogP contribution in [0, 0.1) is 0 Å². The van der Waals surface area contributed by atoms with Crippen molar-refractivity contribution in [3.8, 4) is 0 Å². The smallest absolute Gasteiger partial charge is 0.215 e. The van der Waals surface area contributed by atoms with Gasteiger partial charge in [-0.15, -0.1) is 0 Å². The Kier molecular flexibility index (Phi) is 3.07. The molecule has 0 aliphatic carbocycles. The highest BCUT2D eigenvalue weighted by Gasteiger charge is 2.10. The van der Waals surface area contributed by atoms with E-state index >= 15 is 0 Å². The highest BCUT2D eigenvalue weighted by atomic mass is 79.9. The van der Waals surface area contributed by atoms with Crippen LogP contribution in [0.25, 0.3) is 0 Å². The second kappa shape index (κ2) is 3.07. The van der Waals surface area contributed by atoms with E-state index in [-0.39, 0.29) is 0 Å². The van der Waals surface area contributed by atoms with Gasteiger partial charge < -0.3 is 0 Å². The van der Waals surface area contributed by atoms with E-state index in [0.717, 1.165) is 0 Å². The average molecular weight is 173 g/mol. The zero-order chi connectivity index (χ0) is 5.86. The first-order chi connectivity index (χ1) is 3.18. The maximum absolute atomic E-state index is 11.4. The lowest BCUT2D eigenvalue weighted by Crippen LogP contribution is -2.09. The molecule has 1 nitrogen and oxygen atoms in total. The van der Waals surface area contributed by atoms with E-state index < -0.39 is 17.5 Å². The Morgan fingerprint density at radius 3 is 2.29 bits per heavy atom. The number of carbonyl (C=O) groups is 1. The summed E-state index contributed by atoms with van der Waals surface area (Å²) in [6, 6.07) is 0. The van der Waals surface area contributed by atoms with Crippen LogP contribution in [0.2, 0.25) is 0 Å². The van der Waals surface area contributed by atoms with Gasteiger partial charge in [-0.25, -0.2) is 8.78 Å². The van der Waals surface area contributed by atoms with Gasteiger partial charge in [0.2, 0.25) is 10.9 Å². The molecule has 42 valence electrons. The van der Waals surface area contributed by atoms with E-state index in [2.05, 4.69) is 15.9 Å². The monoisotopic (exact) mass is 172 g/mol. The number of hydrogen-bond acceptors (Lipinski definition) is 1. The Balaban J connectivity index is 3.35. The first kappa shape index (κ1) is 7.01. The van der Waals surface area contributed by atoms with Crippen LogP contribution in [0.4, 0.5) is 8.78 Å². The summed E-state index contributed by atoms with van der Waals surface area (Å²) in [5.41, 5.74) is 0. The van der Waals surface area contributed by atoms with Crippen LogP contribution in [0.15, 0.2) is 0 Å². The largest absolute Gasteiger partial charge is 0.292 e. The molecule has 1 atom stereocenters. The zero-order valence-corrected chi connectivity index (χ0v) is 4.91.